The normalized spacial score (nSPS) is 35.4. The van der Waals surface area contributed by atoms with Crippen molar-refractivity contribution in [2.45, 2.75) is 52.5 Å². The molecule has 2 aliphatic heterocycles. The van der Waals surface area contributed by atoms with Crippen molar-refractivity contribution in [3.63, 3.8) is 0 Å². The fourth-order valence-corrected chi connectivity index (χ4v) is 3.62. The average molecular weight is 224 g/mol. The first-order valence-electron chi connectivity index (χ1n) is 7.15. The molecule has 94 valence electrons. The Hall–Kier alpha value is -0.0800. The molecular weight excluding hydrogens is 196 g/mol. The predicted octanol–water partition coefficient (Wildman–Crippen LogP) is 2.50. The second-order valence-corrected chi connectivity index (χ2v) is 5.97. The second-order valence-electron chi connectivity index (χ2n) is 5.97. The summed E-state index contributed by atoms with van der Waals surface area (Å²) in [5.41, 5.74) is 0.643. The number of nitrogens with zero attached hydrogens (tertiary/aromatic N) is 1. The molecule has 2 aliphatic rings. The monoisotopic (exact) mass is 224 g/mol. The second kappa shape index (κ2) is 5.05. The molecule has 0 aromatic rings. The minimum absolute atomic E-state index is 0.643. The van der Waals surface area contributed by atoms with E-state index in [2.05, 4.69) is 31.0 Å². The lowest BCUT2D eigenvalue weighted by Gasteiger charge is -2.38. The van der Waals surface area contributed by atoms with E-state index in [4.69, 9.17) is 0 Å². The van der Waals surface area contributed by atoms with Crippen molar-refractivity contribution < 1.29 is 0 Å². The fourth-order valence-electron chi connectivity index (χ4n) is 3.62. The van der Waals surface area contributed by atoms with E-state index in [0.717, 1.165) is 12.0 Å². The SMILES string of the molecule is CCC1(CC)CCN(C2CCNCC2C)C1. The number of hydrogen-bond donors (Lipinski definition) is 1. The predicted molar refractivity (Wildman–Crippen MR) is 69.6 cm³/mol. The molecule has 2 unspecified atom stereocenters. The van der Waals surface area contributed by atoms with Crippen LogP contribution in [0.25, 0.3) is 0 Å². The van der Waals surface area contributed by atoms with Crippen LogP contribution in [0.2, 0.25) is 0 Å². The van der Waals surface area contributed by atoms with E-state index in [1.54, 1.807) is 0 Å². The van der Waals surface area contributed by atoms with Gasteiger partial charge in [0.05, 0.1) is 0 Å². The minimum Gasteiger partial charge on any atom is -0.316 e. The van der Waals surface area contributed by atoms with Gasteiger partial charge in [0.25, 0.3) is 0 Å². The maximum Gasteiger partial charge on any atom is 0.0145 e. The van der Waals surface area contributed by atoms with Crippen LogP contribution in [0, 0.1) is 11.3 Å². The standard InChI is InChI=1S/C14H28N2/c1-4-14(5-2)7-9-16(11-14)13-6-8-15-10-12(13)3/h12-13,15H,4-11H2,1-3H3. The quantitative estimate of drug-likeness (QED) is 0.792. The smallest absolute Gasteiger partial charge is 0.0145 e. The Bertz CT molecular complexity index is 223. The molecule has 0 saturated carbocycles. The molecule has 0 aliphatic carbocycles. The number of likely N-dealkylation sites (tertiary alicyclic amines) is 1. The Kier molecular flexibility index (Phi) is 3.91. The van der Waals surface area contributed by atoms with Gasteiger partial charge in [-0.1, -0.05) is 20.8 Å². The van der Waals surface area contributed by atoms with Crippen molar-refractivity contribution in [3.8, 4) is 0 Å². The third-order valence-electron chi connectivity index (χ3n) is 5.18. The lowest BCUT2D eigenvalue weighted by molar-refractivity contribution is 0.127. The topological polar surface area (TPSA) is 15.3 Å². The first-order chi connectivity index (χ1) is 7.71. The highest BCUT2D eigenvalue weighted by Gasteiger charge is 2.39. The lowest BCUT2D eigenvalue weighted by atomic mass is 9.81. The summed E-state index contributed by atoms with van der Waals surface area (Å²) in [6.45, 7) is 12.3. The molecule has 0 spiro atoms. The van der Waals surface area contributed by atoms with Gasteiger partial charge in [0, 0.05) is 12.6 Å². The summed E-state index contributed by atoms with van der Waals surface area (Å²) in [7, 11) is 0. The highest BCUT2D eigenvalue weighted by atomic mass is 15.2. The minimum atomic E-state index is 0.643. The average Bonchev–Trinajstić information content (AvgIpc) is 2.75. The highest BCUT2D eigenvalue weighted by molar-refractivity contribution is 4.93. The molecular formula is C14H28N2. The van der Waals surface area contributed by atoms with E-state index >= 15 is 0 Å². The first kappa shape index (κ1) is 12.4. The van der Waals surface area contributed by atoms with Crippen LogP contribution in [-0.2, 0) is 0 Å². The van der Waals surface area contributed by atoms with Crippen LogP contribution in [-0.4, -0.2) is 37.1 Å². The molecule has 2 rings (SSSR count). The maximum atomic E-state index is 3.51. The van der Waals surface area contributed by atoms with E-state index in [1.165, 1.54) is 51.9 Å². The molecule has 16 heavy (non-hydrogen) atoms. The van der Waals surface area contributed by atoms with E-state index in [1.807, 2.05) is 0 Å². The third kappa shape index (κ3) is 2.28. The summed E-state index contributed by atoms with van der Waals surface area (Å²) in [6.07, 6.45) is 5.50. The van der Waals surface area contributed by atoms with Gasteiger partial charge in [-0.15, -0.1) is 0 Å². The Labute approximate surface area is 101 Å². The summed E-state index contributed by atoms with van der Waals surface area (Å²) in [5, 5.41) is 3.51. The Morgan fingerprint density at radius 3 is 2.62 bits per heavy atom. The van der Waals surface area contributed by atoms with E-state index in [9.17, 15) is 0 Å². The zero-order valence-corrected chi connectivity index (χ0v) is 11.3. The molecule has 2 heterocycles. The molecule has 1 N–H and O–H groups in total. The summed E-state index contributed by atoms with van der Waals surface area (Å²) in [4.78, 5) is 2.79. The van der Waals surface area contributed by atoms with Crippen LogP contribution < -0.4 is 5.32 Å². The molecule has 0 aromatic heterocycles. The van der Waals surface area contributed by atoms with Crippen LogP contribution in [0.15, 0.2) is 0 Å². The highest BCUT2D eigenvalue weighted by Crippen LogP contribution is 2.39. The molecule has 0 radical (unpaired) electrons. The number of piperidine rings is 1. The zero-order valence-electron chi connectivity index (χ0n) is 11.3. The van der Waals surface area contributed by atoms with Crippen LogP contribution in [0.5, 0.6) is 0 Å². The Balaban J connectivity index is 1.96. The molecule has 2 fully saturated rings. The van der Waals surface area contributed by atoms with Crippen LogP contribution >= 0.6 is 0 Å². The number of nitrogens with one attached hydrogen (secondary N) is 1. The van der Waals surface area contributed by atoms with Crippen LogP contribution in [0.4, 0.5) is 0 Å². The Morgan fingerprint density at radius 1 is 1.31 bits per heavy atom. The molecule has 0 aromatic carbocycles. The third-order valence-corrected chi connectivity index (χ3v) is 5.18. The van der Waals surface area contributed by atoms with Gasteiger partial charge < -0.3 is 5.32 Å². The fraction of sp³-hybridized carbons (Fsp3) is 1.00. The van der Waals surface area contributed by atoms with Crippen molar-refractivity contribution in [2.24, 2.45) is 11.3 Å². The maximum absolute atomic E-state index is 3.51. The van der Waals surface area contributed by atoms with Crippen molar-refractivity contribution in [2.75, 3.05) is 26.2 Å². The van der Waals surface area contributed by atoms with E-state index in [-0.39, 0.29) is 0 Å². The van der Waals surface area contributed by atoms with Gasteiger partial charge >= 0.3 is 0 Å². The van der Waals surface area contributed by atoms with E-state index in [0.29, 0.717) is 5.41 Å². The van der Waals surface area contributed by atoms with Gasteiger partial charge in [0.1, 0.15) is 0 Å². The van der Waals surface area contributed by atoms with Gasteiger partial charge in [0.15, 0.2) is 0 Å². The summed E-state index contributed by atoms with van der Waals surface area (Å²) in [5.74, 6) is 0.832. The molecule has 2 saturated heterocycles. The van der Waals surface area contributed by atoms with Gasteiger partial charge in [-0.05, 0) is 56.7 Å². The van der Waals surface area contributed by atoms with Gasteiger partial charge in [-0.25, -0.2) is 0 Å². The summed E-state index contributed by atoms with van der Waals surface area (Å²) < 4.78 is 0. The first-order valence-corrected chi connectivity index (χ1v) is 7.15. The number of rotatable bonds is 3. The van der Waals surface area contributed by atoms with Crippen LogP contribution in [0.1, 0.15) is 46.5 Å². The molecule has 2 nitrogen and oxygen atoms in total. The summed E-state index contributed by atoms with van der Waals surface area (Å²) in [6, 6.07) is 0.848. The lowest BCUT2D eigenvalue weighted by Crippen LogP contribution is -2.48. The van der Waals surface area contributed by atoms with Crippen molar-refractivity contribution in [1.29, 1.82) is 0 Å². The zero-order chi connectivity index (χ0) is 11.6. The molecule has 0 bridgehead atoms. The molecule has 2 heteroatoms. The van der Waals surface area contributed by atoms with Gasteiger partial charge in [-0.3, -0.25) is 4.90 Å². The Morgan fingerprint density at radius 2 is 2.06 bits per heavy atom. The molecule has 0 amide bonds. The van der Waals surface area contributed by atoms with Gasteiger partial charge in [0.2, 0.25) is 0 Å². The largest absolute Gasteiger partial charge is 0.316 e. The van der Waals surface area contributed by atoms with Crippen molar-refractivity contribution in [3.05, 3.63) is 0 Å². The van der Waals surface area contributed by atoms with Gasteiger partial charge in [-0.2, -0.15) is 0 Å². The van der Waals surface area contributed by atoms with Crippen molar-refractivity contribution in [1.82, 2.24) is 10.2 Å². The van der Waals surface area contributed by atoms with Crippen molar-refractivity contribution >= 4 is 0 Å². The summed E-state index contributed by atoms with van der Waals surface area (Å²) >= 11 is 0. The molecule has 2 atom stereocenters. The number of hydrogen-bond acceptors (Lipinski definition) is 2. The van der Waals surface area contributed by atoms with E-state index < -0.39 is 0 Å². The van der Waals surface area contributed by atoms with Crippen LogP contribution in [0.3, 0.4) is 0 Å².